The highest BCUT2D eigenvalue weighted by molar-refractivity contribution is 7.13. The molecule has 2 aromatic heterocycles. The largest absolute Gasteiger partial charge is 0.465 e. The maximum atomic E-state index is 11.6. The third-order valence-corrected chi connectivity index (χ3v) is 3.36. The molecule has 0 amide bonds. The van der Waals surface area contributed by atoms with E-state index in [9.17, 15) is 4.79 Å². The summed E-state index contributed by atoms with van der Waals surface area (Å²) in [5.41, 5.74) is 3.63. The number of H-pyrrole nitrogens is 1. The van der Waals surface area contributed by atoms with Crippen LogP contribution in [0.15, 0.2) is 29.9 Å². The SMILES string of the molecule is COC(=O)c1cccc2[nH]c(-c3cncs3)nc12. The maximum absolute atomic E-state index is 11.6. The number of nitrogens with one attached hydrogen (secondary N) is 1. The molecule has 3 rings (SSSR count). The molecule has 0 aliphatic carbocycles. The van der Waals surface area contributed by atoms with E-state index in [1.807, 2.05) is 6.07 Å². The number of para-hydroxylation sites is 1. The van der Waals surface area contributed by atoms with Crippen molar-refractivity contribution < 1.29 is 9.53 Å². The Labute approximate surface area is 106 Å². The summed E-state index contributed by atoms with van der Waals surface area (Å²) in [4.78, 5) is 24.2. The molecule has 90 valence electrons. The second kappa shape index (κ2) is 4.23. The standard InChI is InChI=1S/C12H9N3O2S/c1-17-12(16)7-3-2-4-8-10(7)15-11(14-8)9-5-13-6-18-9/h2-6H,1H3,(H,14,15). The van der Waals surface area contributed by atoms with Crippen LogP contribution in [-0.2, 0) is 4.74 Å². The van der Waals surface area contributed by atoms with E-state index in [4.69, 9.17) is 4.74 Å². The number of aromatic nitrogens is 3. The smallest absolute Gasteiger partial charge is 0.340 e. The molecule has 5 nitrogen and oxygen atoms in total. The topological polar surface area (TPSA) is 67.9 Å². The predicted octanol–water partition coefficient (Wildman–Crippen LogP) is 2.47. The van der Waals surface area contributed by atoms with Crippen LogP contribution in [0.1, 0.15) is 10.4 Å². The lowest BCUT2D eigenvalue weighted by Gasteiger charge is -1.98. The van der Waals surface area contributed by atoms with Gasteiger partial charge in [-0.25, -0.2) is 9.78 Å². The fraction of sp³-hybridized carbons (Fsp3) is 0.0833. The van der Waals surface area contributed by atoms with Gasteiger partial charge in [-0.05, 0) is 12.1 Å². The van der Waals surface area contributed by atoms with E-state index >= 15 is 0 Å². The Bertz CT molecular complexity index is 703. The molecule has 0 saturated heterocycles. The Kier molecular flexibility index (Phi) is 2.56. The fourth-order valence-corrected chi connectivity index (χ4v) is 2.32. The Balaban J connectivity index is 2.20. The second-order valence-electron chi connectivity index (χ2n) is 3.64. The van der Waals surface area contributed by atoms with Gasteiger partial charge in [-0.2, -0.15) is 0 Å². The van der Waals surface area contributed by atoms with Crippen LogP contribution in [0.3, 0.4) is 0 Å². The predicted molar refractivity (Wildman–Crippen MR) is 68.5 cm³/mol. The van der Waals surface area contributed by atoms with Gasteiger partial charge >= 0.3 is 5.97 Å². The first kappa shape index (κ1) is 10.9. The number of fused-ring (bicyclic) bond motifs is 1. The van der Waals surface area contributed by atoms with Crippen molar-refractivity contribution in [2.45, 2.75) is 0 Å². The molecular weight excluding hydrogens is 250 g/mol. The van der Waals surface area contributed by atoms with Crippen LogP contribution >= 0.6 is 11.3 Å². The molecule has 2 heterocycles. The van der Waals surface area contributed by atoms with Crippen molar-refractivity contribution in [3.8, 4) is 10.7 Å². The zero-order valence-electron chi connectivity index (χ0n) is 9.51. The summed E-state index contributed by atoms with van der Waals surface area (Å²) in [5, 5.41) is 0. The van der Waals surface area contributed by atoms with Gasteiger partial charge in [0.1, 0.15) is 11.3 Å². The molecule has 1 aromatic carbocycles. The van der Waals surface area contributed by atoms with Crippen molar-refractivity contribution in [3.05, 3.63) is 35.5 Å². The van der Waals surface area contributed by atoms with Gasteiger partial charge in [0.2, 0.25) is 0 Å². The van der Waals surface area contributed by atoms with E-state index in [1.165, 1.54) is 18.4 Å². The summed E-state index contributed by atoms with van der Waals surface area (Å²) in [6, 6.07) is 5.37. The normalized spacial score (nSPS) is 10.7. The molecule has 18 heavy (non-hydrogen) atoms. The number of aromatic amines is 1. The van der Waals surface area contributed by atoms with E-state index < -0.39 is 0 Å². The highest BCUT2D eigenvalue weighted by Crippen LogP contribution is 2.25. The van der Waals surface area contributed by atoms with E-state index in [0.29, 0.717) is 16.9 Å². The number of thiazole rings is 1. The number of rotatable bonds is 2. The van der Waals surface area contributed by atoms with Crippen LogP contribution < -0.4 is 0 Å². The number of hydrogen-bond donors (Lipinski definition) is 1. The van der Waals surface area contributed by atoms with E-state index in [2.05, 4.69) is 15.0 Å². The summed E-state index contributed by atoms with van der Waals surface area (Å²) in [6.45, 7) is 0. The lowest BCUT2D eigenvalue weighted by atomic mass is 10.2. The Hall–Kier alpha value is -2.21. The van der Waals surface area contributed by atoms with Gasteiger partial charge in [0.15, 0.2) is 0 Å². The number of imidazole rings is 1. The van der Waals surface area contributed by atoms with Crippen LogP contribution in [0.4, 0.5) is 0 Å². The molecule has 6 heteroatoms. The zero-order valence-corrected chi connectivity index (χ0v) is 10.3. The average Bonchev–Trinajstić information content (AvgIpc) is 3.04. The number of esters is 1. The Morgan fingerprint density at radius 1 is 1.44 bits per heavy atom. The van der Waals surface area contributed by atoms with Gasteiger partial charge < -0.3 is 9.72 Å². The number of hydrogen-bond acceptors (Lipinski definition) is 5. The van der Waals surface area contributed by atoms with Gasteiger partial charge in [-0.15, -0.1) is 11.3 Å². The number of carbonyl (C=O) groups excluding carboxylic acids is 1. The van der Waals surface area contributed by atoms with Crippen molar-refractivity contribution in [3.63, 3.8) is 0 Å². The van der Waals surface area contributed by atoms with Crippen molar-refractivity contribution in [1.29, 1.82) is 0 Å². The van der Waals surface area contributed by atoms with Gasteiger partial charge in [0.25, 0.3) is 0 Å². The third-order valence-electron chi connectivity index (χ3n) is 2.58. The van der Waals surface area contributed by atoms with Crippen LogP contribution in [0, 0.1) is 0 Å². The van der Waals surface area contributed by atoms with E-state index in [1.54, 1.807) is 23.8 Å². The Morgan fingerprint density at radius 2 is 2.33 bits per heavy atom. The van der Waals surface area contributed by atoms with Crippen LogP contribution in [0.2, 0.25) is 0 Å². The lowest BCUT2D eigenvalue weighted by Crippen LogP contribution is -2.01. The number of benzene rings is 1. The quantitative estimate of drug-likeness (QED) is 0.718. The fourth-order valence-electron chi connectivity index (χ4n) is 1.76. The van der Waals surface area contributed by atoms with Gasteiger partial charge in [-0.1, -0.05) is 6.07 Å². The van der Waals surface area contributed by atoms with Crippen molar-refractivity contribution >= 4 is 28.3 Å². The molecule has 1 N–H and O–H groups in total. The molecule has 0 fully saturated rings. The molecular formula is C12H9N3O2S. The summed E-state index contributed by atoms with van der Waals surface area (Å²) < 4.78 is 4.74. The van der Waals surface area contributed by atoms with Crippen molar-refractivity contribution in [2.24, 2.45) is 0 Å². The molecule has 0 unspecified atom stereocenters. The summed E-state index contributed by atoms with van der Waals surface area (Å²) in [5.74, 6) is 0.326. The molecule has 0 aliphatic heterocycles. The third kappa shape index (κ3) is 1.67. The minimum atomic E-state index is -0.386. The minimum absolute atomic E-state index is 0.386. The first-order valence-electron chi connectivity index (χ1n) is 5.25. The molecule has 0 spiro atoms. The highest BCUT2D eigenvalue weighted by Gasteiger charge is 2.14. The summed E-state index contributed by atoms with van der Waals surface area (Å²) >= 11 is 1.49. The monoisotopic (exact) mass is 259 g/mol. The molecule has 0 aliphatic rings. The molecule has 0 bridgehead atoms. The molecule has 3 aromatic rings. The second-order valence-corrected chi connectivity index (χ2v) is 4.53. The lowest BCUT2D eigenvalue weighted by molar-refractivity contribution is 0.0603. The van der Waals surface area contributed by atoms with Gasteiger partial charge in [0, 0.05) is 6.20 Å². The number of nitrogens with zero attached hydrogens (tertiary/aromatic N) is 2. The summed E-state index contributed by atoms with van der Waals surface area (Å²) in [7, 11) is 1.36. The van der Waals surface area contributed by atoms with Crippen molar-refractivity contribution in [2.75, 3.05) is 7.11 Å². The molecule has 0 radical (unpaired) electrons. The van der Waals surface area contributed by atoms with Gasteiger partial charge in [0.05, 0.1) is 28.6 Å². The highest BCUT2D eigenvalue weighted by atomic mass is 32.1. The van der Waals surface area contributed by atoms with Crippen LogP contribution in [-0.4, -0.2) is 28.0 Å². The first-order chi connectivity index (χ1) is 8.79. The van der Waals surface area contributed by atoms with Crippen molar-refractivity contribution in [1.82, 2.24) is 15.0 Å². The average molecular weight is 259 g/mol. The number of methoxy groups -OCH3 is 1. The minimum Gasteiger partial charge on any atom is -0.465 e. The molecule has 0 atom stereocenters. The first-order valence-corrected chi connectivity index (χ1v) is 6.13. The number of ether oxygens (including phenoxy) is 1. The maximum Gasteiger partial charge on any atom is 0.340 e. The van der Waals surface area contributed by atoms with E-state index in [-0.39, 0.29) is 5.97 Å². The van der Waals surface area contributed by atoms with Crippen LogP contribution in [0.5, 0.6) is 0 Å². The van der Waals surface area contributed by atoms with E-state index in [0.717, 1.165) is 10.4 Å². The zero-order chi connectivity index (χ0) is 12.5. The van der Waals surface area contributed by atoms with Crippen LogP contribution in [0.25, 0.3) is 21.7 Å². The van der Waals surface area contributed by atoms with Gasteiger partial charge in [-0.3, -0.25) is 4.98 Å². The Morgan fingerprint density at radius 3 is 3.06 bits per heavy atom. The number of carbonyl (C=O) groups is 1. The molecule has 0 saturated carbocycles. The summed E-state index contributed by atoms with van der Waals surface area (Å²) in [6.07, 6.45) is 1.74.